The van der Waals surface area contributed by atoms with Crippen LogP contribution < -0.4 is 16.8 Å². The van der Waals surface area contributed by atoms with E-state index in [1.807, 2.05) is 6.07 Å². The molecule has 0 atom stereocenters. The van der Waals surface area contributed by atoms with Crippen molar-refractivity contribution in [3.63, 3.8) is 0 Å². The molecule has 5 N–H and O–H groups in total. The maximum absolute atomic E-state index is 11.1. The second kappa shape index (κ2) is 4.10. The van der Waals surface area contributed by atoms with Gasteiger partial charge in [0.05, 0.1) is 11.4 Å². The molecular weight excluding hydrogens is 258 g/mol. The SMILES string of the molecule is CC(C)(Nc1cc(Br)ccc1N)C(N)=O. The monoisotopic (exact) mass is 271 g/mol. The molecule has 0 spiro atoms. The highest BCUT2D eigenvalue weighted by molar-refractivity contribution is 9.10. The molecule has 0 bridgehead atoms. The Kier molecular flexibility index (Phi) is 3.24. The highest BCUT2D eigenvalue weighted by atomic mass is 79.9. The summed E-state index contributed by atoms with van der Waals surface area (Å²) in [6, 6.07) is 5.39. The van der Waals surface area contributed by atoms with E-state index >= 15 is 0 Å². The summed E-state index contributed by atoms with van der Waals surface area (Å²) in [6.45, 7) is 3.41. The van der Waals surface area contributed by atoms with Gasteiger partial charge in [-0.2, -0.15) is 0 Å². The van der Waals surface area contributed by atoms with Crippen molar-refractivity contribution in [3.8, 4) is 0 Å². The van der Waals surface area contributed by atoms with Crippen LogP contribution in [0.5, 0.6) is 0 Å². The lowest BCUT2D eigenvalue weighted by atomic mass is 10.0. The van der Waals surface area contributed by atoms with Crippen molar-refractivity contribution in [2.75, 3.05) is 11.1 Å². The zero-order valence-corrected chi connectivity index (χ0v) is 10.3. The van der Waals surface area contributed by atoms with Crippen LogP contribution in [-0.2, 0) is 4.79 Å². The molecule has 0 aliphatic heterocycles. The van der Waals surface area contributed by atoms with Gasteiger partial charge in [-0.25, -0.2) is 0 Å². The average molecular weight is 272 g/mol. The Morgan fingerprint density at radius 1 is 1.47 bits per heavy atom. The number of nitrogens with two attached hydrogens (primary N) is 2. The molecule has 1 aromatic rings. The number of nitrogens with one attached hydrogen (secondary N) is 1. The number of carbonyl (C=O) groups excluding carboxylic acids is 1. The van der Waals surface area contributed by atoms with Crippen LogP contribution >= 0.6 is 15.9 Å². The van der Waals surface area contributed by atoms with Crippen LogP contribution in [0.3, 0.4) is 0 Å². The molecule has 82 valence electrons. The largest absolute Gasteiger partial charge is 0.397 e. The first kappa shape index (κ1) is 11.8. The molecule has 1 amide bonds. The summed E-state index contributed by atoms with van der Waals surface area (Å²) in [6.07, 6.45) is 0. The van der Waals surface area contributed by atoms with E-state index in [0.717, 1.165) is 4.47 Å². The average Bonchev–Trinajstić information content (AvgIpc) is 2.10. The van der Waals surface area contributed by atoms with Crippen molar-refractivity contribution >= 4 is 33.2 Å². The lowest BCUT2D eigenvalue weighted by molar-refractivity contribution is -0.121. The minimum Gasteiger partial charge on any atom is -0.397 e. The highest BCUT2D eigenvalue weighted by Gasteiger charge is 2.24. The van der Waals surface area contributed by atoms with Crippen LogP contribution in [0, 0.1) is 0 Å². The normalized spacial score (nSPS) is 11.1. The molecule has 15 heavy (non-hydrogen) atoms. The second-order valence-corrected chi connectivity index (χ2v) is 4.76. The molecule has 5 heteroatoms. The quantitative estimate of drug-likeness (QED) is 0.732. The first-order valence-electron chi connectivity index (χ1n) is 4.46. The van der Waals surface area contributed by atoms with Crippen molar-refractivity contribution in [2.24, 2.45) is 5.73 Å². The highest BCUT2D eigenvalue weighted by Crippen LogP contribution is 2.26. The fourth-order valence-electron chi connectivity index (χ4n) is 1.04. The Bertz CT molecular complexity index is 390. The minimum atomic E-state index is -0.824. The third-order valence-electron chi connectivity index (χ3n) is 2.08. The number of rotatable bonds is 3. The van der Waals surface area contributed by atoms with Crippen molar-refractivity contribution in [1.29, 1.82) is 0 Å². The van der Waals surface area contributed by atoms with Gasteiger partial charge in [0.25, 0.3) is 0 Å². The van der Waals surface area contributed by atoms with Crippen molar-refractivity contribution in [3.05, 3.63) is 22.7 Å². The summed E-state index contributed by atoms with van der Waals surface area (Å²) in [5, 5.41) is 3.00. The predicted molar refractivity (Wildman–Crippen MR) is 65.5 cm³/mol. The summed E-state index contributed by atoms with van der Waals surface area (Å²) in [5.41, 5.74) is 11.5. The first-order chi connectivity index (χ1) is 6.83. The third-order valence-corrected chi connectivity index (χ3v) is 2.57. The van der Waals surface area contributed by atoms with Gasteiger partial charge in [-0.15, -0.1) is 0 Å². The van der Waals surface area contributed by atoms with Crippen LogP contribution in [0.1, 0.15) is 13.8 Å². The number of nitrogen functional groups attached to an aromatic ring is 1. The van der Waals surface area contributed by atoms with Crippen molar-refractivity contribution in [1.82, 2.24) is 0 Å². The number of hydrogen-bond donors (Lipinski definition) is 3. The van der Waals surface area contributed by atoms with Gasteiger partial charge in [-0.1, -0.05) is 15.9 Å². The molecule has 0 fully saturated rings. The molecule has 0 saturated carbocycles. The summed E-state index contributed by atoms with van der Waals surface area (Å²) in [5.74, 6) is -0.429. The second-order valence-electron chi connectivity index (χ2n) is 3.85. The maximum atomic E-state index is 11.1. The number of anilines is 2. The molecule has 0 aromatic heterocycles. The molecule has 0 aliphatic rings. The van der Waals surface area contributed by atoms with Gasteiger partial charge in [0.1, 0.15) is 5.54 Å². The van der Waals surface area contributed by atoms with E-state index in [9.17, 15) is 4.79 Å². The fourth-order valence-corrected chi connectivity index (χ4v) is 1.40. The summed E-state index contributed by atoms with van der Waals surface area (Å²) < 4.78 is 0.888. The zero-order valence-electron chi connectivity index (χ0n) is 8.67. The van der Waals surface area contributed by atoms with Crippen LogP contribution in [0.4, 0.5) is 11.4 Å². The van der Waals surface area contributed by atoms with Crippen LogP contribution in [0.2, 0.25) is 0 Å². The lowest BCUT2D eigenvalue weighted by Crippen LogP contribution is -2.45. The summed E-state index contributed by atoms with van der Waals surface area (Å²) in [4.78, 5) is 11.1. The molecule has 1 aromatic carbocycles. The Labute approximate surface area is 97.1 Å². The van der Waals surface area contributed by atoms with E-state index in [1.54, 1.807) is 26.0 Å². The van der Waals surface area contributed by atoms with Gasteiger partial charge < -0.3 is 16.8 Å². The molecular formula is C10H14BrN3O. The van der Waals surface area contributed by atoms with Gasteiger partial charge in [0, 0.05) is 4.47 Å². The maximum Gasteiger partial charge on any atom is 0.242 e. The number of halogens is 1. The Morgan fingerprint density at radius 3 is 2.60 bits per heavy atom. The molecule has 0 radical (unpaired) electrons. The lowest BCUT2D eigenvalue weighted by Gasteiger charge is -2.24. The van der Waals surface area contributed by atoms with Gasteiger partial charge in [-0.05, 0) is 32.0 Å². The van der Waals surface area contributed by atoms with Gasteiger partial charge in [0.2, 0.25) is 5.91 Å². The molecule has 4 nitrogen and oxygen atoms in total. The molecule has 0 aliphatic carbocycles. The zero-order chi connectivity index (χ0) is 11.6. The third kappa shape index (κ3) is 2.86. The fraction of sp³-hybridized carbons (Fsp3) is 0.300. The summed E-state index contributed by atoms with van der Waals surface area (Å²) in [7, 11) is 0. The predicted octanol–water partition coefficient (Wildman–Crippen LogP) is 1.71. The van der Waals surface area contributed by atoms with Crippen LogP contribution in [0.15, 0.2) is 22.7 Å². The molecule has 0 heterocycles. The number of carbonyl (C=O) groups is 1. The Morgan fingerprint density at radius 2 is 2.07 bits per heavy atom. The number of hydrogen-bond acceptors (Lipinski definition) is 3. The number of primary amides is 1. The topological polar surface area (TPSA) is 81.1 Å². The Balaban J connectivity index is 2.99. The number of amides is 1. The molecule has 0 unspecified atom stereocenters. The molecule has 0 saturated heterocycles. The van der Waals surface area contributed by atoms with Gasteiger partial charge in [-0.3, -0.25) is 4.79 Å². The smallest absolute Gasteiger partial charge is 0.242 e. The van der Waals surface area contributed by atoms with Gasteiger partial charge >= 0.3 is 0 Å². The van der Waals surface area contributed by atoms with Crippen LogP contribution in [0.25, 0.3) is 0 Å². The van der Waals surface area contributed by atoms with E-state index in [-0.39, 0.29) is 0 Å². The van der Waals surface area contributed by atoms with Crippen molar-refractivity contribution < 1.29 is 4.79 Å². The molecule has 1 rings (SSSR count). The van der Waals surface area contributed by atoms with Crippen molar-refractivity contribution in [2.45, 2.75) is 19.4 Å². The van der Waals surface area contributed by atoms with E-state index in [2.05, 4.69) is 21.2 Å². The van der Waals surface area contributed by atoms with E-state index in [4.69, 9.17) is 11.5 Å². The Hall–Kier alpha value is -1.23. The van der Waals surface area contributed by atoms with E-state index in [0.29, 0.717) is 11.4 Å². The van der Waals surface area contributed by atoms with Gasteiger partial charge in [0.15, 0.2) is 0 Å². The van der Waals surface area contributed by atoms with E-state index < -0.39 is 11.4 Å². The minimum absolute atomic E-state index is 0.429. The first-order valence-corrected chi connectivity index (χ1v) is 5.25. The standard InChI is InChI=1S/C10H14BrN3O/c1-10(2,9(13)15)14-8-5-6(11)3-4-7(8)12/h3-5,14H,12H2,1-2H3,(H2,13,15). The summed E-state index contributed by atoms with van der Waals surface area (Å²) >= 11 is 3.33. The van der Waals surface area contributed by atoms with Crippen LogP contribution in [-0.4, -0.2) is 11.4 Å². The van der Waals surface area contributed by atoms with E-state index in [1.165, 1.54) is 0 Å². The number of benzene rings is 1.